The summed E-state index contributed by atoms with van der Waals surface area (Å²) in [6, 6.07) is 15.0. The van der Waals surface area contributed by atoms with Gasteiger partial charge in [-0.15, -0.1) is 0 Å². The first kappa shape index (κ1) is 16.9. The standard InChI is InChI=1S/C20H23NO2/c1-14-7-5-6-8-16(14)13-21-19(23)18(22)15-9-11-17(12-10-15)20(2,3)4/h5-12H,13H2,1-4H3,(H,21,23). The Morgan fingerprint density at radius 3 is 2.13 bits per heavy atom. The second kappa shape index (κ2) is 6.78. The van der Waals surface area contributed by atoms with E-state index < -0.39 is 11.7 Å². The van der Waals surface area contributed by atoms with Crippen molar-refractivity contribution in [3.63, 3.8) is 0 Å². The molecule has 0 unspecified atom stereocenters. The average Bonchev–Trinajstić information content (AvgIpc) is 2.52. The minimum absolute atomic E-state index is 0.0225. The number of hydrogen-bond donors (Lipinski definition) is 1. The largest absolute Gasteiger partial charge is 0.345 e. The summed E-state index contributed by atoms with van der Waals surface area (Å²) >= 11 is 0. The van der Waals surface area contributed by atoms with Gasteiger partial charge in [0.1, 0.15) is 0 Å². The highest BCUT2D eigenvalue weighted by Gasteiger charge is 2.18. The fourth-order valence-corrected chi connectivity index (χ4v) is 2.32. The van der Waals surface area contributed by atoms with E-state index in [1.54, 1.807) is 12.1 Å². The first-order valence-electron chi connectivity index (χ1n) is 7.76. The van der Waals surface area contributed by atoms with E-state index in [0.717, 1.165) is 16.7 Å². The Balaban J connectivity index is 2.02. The van der Waals surface area contributed by atoms with Gasteiger partial charge in [0.05, 0.1) is 0 Å². The molecule has 0 radical (unpaired) electrons. The van der Waals surface area contributed by atoms with Crippen LogP contribution in [0.25, 0.3) is 0 Å². The number of rotatable bonds is 4. The smallest absolute Gasteiger partial charge is 0.292 e. The number of benzene rings is 2. The lowest BCUT2D eigenvalue weighted by Gasteiger charge is -2.18. The van der Waals surface area contributed by atoms with Crippen LogP contribution >= 0.6 is 0 Å². The third-order valence-corrected chi connectivity index (χ3v) is 3.92. The second-order valence-electron chi connectivity index (χ2n) is 6.77. The molecule has 1 N–H and O–H groups in total. The third kappa shape index (κ3) is 4.28. The van der Waals surface area contributed by atoms with Gasteiger partial charge in [0, 0.05) is 12.1 Å². The maximum absolute atomic E-state index is 12.2. The molecule has 0 aliphatic carbocycles. The molecule has 3 heteroatoms. The molecule has 3 nitrogen and oxygen atoms in total. The number of amides is 1. The zero-order valence-corrected chi connectivity index (χ0v) is 14.1. The van der Waals surface area contributed by atoms with Gasteiger partial charge in [-0.3, -0.25) is 9.59 Å². The fraction of sp³-hybridized carbons (Fsp3) is 0.300. The predicted molar refractivity (Wildman–Crippen MR) is 92.5 cm³/mol. The van der Waals surface area contributed by atoms with Crippen molar-refractivity contribution >= 4 is 11.7 Å². The third-order valence-electron chi connectivity index (χ3n) is 3.92. The molecule has 0 heterocycles. The van der Waals surface area contributed by atoms with Gasteiger partial charge in [-0.25, -0.2) is 0 Å². The van der Waals surface area contributed by atoms with Crippen LogP contribution in [0.2, 0.25) is 0 Å². The number of nitrogens with one attached hydrogen (secondary N) is 1. The van der Waals surface area contributed by atoms with Gasteiger partial charge in [-0.05, 0) is 29.0 Å². The van der Waals surface area contributed by atoms with Crippen molar-refractivity contribution in [2.45, 2.75) is 39.7 Å². The molecule has 0 saturated heterocycles. The molecule has 2 rings (SSSR count). The van der Waals surface area contributed by atoms with Gasteiger partial charge in [-0.1, -0.05) is 69.3 Å². The van der Waals surface area contributed by atoms with Crippen LogP contribution in [-0.4, -0.2) is 11.7 Å². The molecule has 1 amide bonds. The van der Waals surface area contributed by atoms with Crippen LogP contribution in [0.1, 0.15) is 47.8 Å². The maximum atomic E-state index is 12.2. The van der Waals surface area contributed by atoms with E-state index in [0.29, 0.717) is 12.1 Å². The lowest BCUT2D eigenvalue weighted by molar-refractivity contribution is -0.117. The minimum Gasteiger partial charge on any atom is -0.345 e. The van der Waals surface area contributed by atoms with E-state index in [-0.39, 0.29) is 5.41 Å². The second-order valence-corrected chi connectivity index (χ2v) is 6.77. The summed E-state index contributed by atoms with van der Waals surface area (Å²) in [4.78, 5) is 24.2. The summed E-state index contributed by atoms with van der Waals surface area (Å²) < 4.78 is 0. The summed E-state index contributed by atoms with van der Waals surface area (Å²) in [7, 11) is 0. The molecule has 0 spiro atoms. The van der Waals surface area contributed by atoms with Crippen LogP contribution < -0.4 is 5.32 Å². The van der Waals surface area contributed by atoms with Gasteiger partial charge in [0.2, 0.25) is 5.78 Å². The van der Waals surface area contributed by atoms with Crippen LogP contribution in [0, 0.1) is 6.92 Å². The summed E-state index contributed by atoms with van der Waals surface area (Å²) in [5, 5.41) is 2.69. The fourth-order valence-electron chi connectivity index (χ4n) is 2.32. The highest BCUT2D eigenvalue weighted by Crippen LogP contribution is 2.22. The van der Waals surface area contributed by atoms with E-state index in [9.17, 15) is 9.59 Å². The van der Waals surface area contributed by atoms with Crippen molar-refractivity contribution in [3.05, 3.63) is 70.8 Å². The Bertz CT molecular complexity index is 709. The Labute approximate surface area is 137 Å². The summed E-state index contributed by atoms with van der Waals surface area (Å²) in [5.74, 6) is -1.07. The lowest BCUT2D eigenvalue weighted by atomic mass is 9.86. The number of ketones is 1. The number of carbonyl (C=O) groups is 2. The summed E-state index contributed by atoms with van der Waals surface area (Å²) in [6.45, 7) is 8.67. The van der Waals surface area contributed by atoms with Crippen LogP contribution in [0.4, 0.5) is 0 Å². The van der Waals surface area contributed by atoms with Crippen molar-refractivity contribution in [2.24, 2.45) is 0 Å². The van der Waals surface area contributed by atoms with Crippen LogP contribution in [0.3, 0.4) is 0 Å². The number of hydrogen-bond acceptors (Lipinski definition) is 2. The molecule has 2 aromatic rings. The monoisotopic (exact) mass is 309 g/mol. The number of Topliss-reactive ketones (excluding diaryl/α,β-unsaturated/α-hetero) is 1. The Morgan fingerprint density at radius 2 is 1.57 bits per heavy atom. The summed E-state index contributed by atoms with van der Waals surface area (Å²) in [5.41, 5.74) is 3.68. The van der Waals surface area contributed by atoms with Gasteiger partial charge in [0.25, 0.3) is 5.91 Å². The van der Waals surface area contributed by atoms with Crippen LogP contribution in [-0.2, 0) is 16.8 Å². The average molecular weight is 309 g/mol. The topological polar surface area (TPSA) is 46.2 Å². The predicted octanol–water partition coefficient (Wildman–Crippen LogP) is 3.79. The minimum atomic E-state index is -0.572. The van der Waals surface area contributed by atoms with Crippen LogP contribution in [0.5, 0.6) is 0 Å². The van der Waals surface area contributed by atoms with E-state index in [4.69, 9.17) is 0 Å². The van der Waals surface area contributed by atoms with Crippen LogP contribution in [0.15, 0.2) is 48.5 Å². The van der Waals surface area contributed by atoms with E-state index >= 15 is 0 Å². The highest BCUT2D eigenvalue weighted by atomic mass is 16.2. The maximum Gasteiger partial charge on any atom is 0.292 e. The van der Waals surface area contributed by atoms with E-state index in [2.05, 4.69) is 26.1 Å². The van der Waals surface area contributed by atoms with Crippen molar-refractivity contribution < 1.29 is 9.59 Å². The molecule has 0 atom stereocenters. The molecule has 23 heavy (non-hydrogen) atoms. The van der Waals surface area contributed by atoms with Crippen molar-refractivity contribution in [2.75, 3.05) is 0 Å². The van der Waals surface area contributed by atoms with E-state index in [1.165, 1.54) is 0 Å². The van der Waals surface area contributed by atoms with Crippen molar-refractivity contribution in [1.29, 1.82) is 0 Å². The zero-order valence-electron chi connectivity index (χ0n) is 14.1. The molecular weight excluding hydrogens is 286 g/mol. The molecular formula is C20H23NO2. The van der Waals surface area contributed by atoms with E-state index in [1.807, 2.05) is 43.3 Å². The van der Waals surface area contributed by atoms with Gasteiger partial charge in [-0.2, -0.15) is 0 Å². The molecule has 2 aromatic carbocycles. The first-order valence-corrected chi connectivity index (χ1v) is 7.76. The molecule has 0 aliphatic heterocycles. The van der Waals surface area contributed by atoms with Gasteiger partial charge in [0.15, 0.2) is 0 Å². The van der Waals surface area contributed by atoms with Crippen molar-refractivity contribution in [1.82, 2.24) is 5.32 Å². The van der Waals surface area contributed by atoms with Crippen molar-refractivity contribution in [3.8, 4) is 0 Å². The molecule has 0 bridgehead atoms. The Kier molecular flexibility index (Phi) is 4.99. The number of carbonyl (C=O) groups excluding carboxylic acids is 2. The zero-order chi connectivity index (χ0) is 17.0. The normalized spacial score (nSPS) is 11.1. The SMILES string of the molecule is Cc1ccccc1CNC(=O)C(=O)c1ccc(C(C)(C)C)cc1. The molecule has 0 fully saturated rings. The first-order chi connectivity index (χ1) is 10.8. The van der Waals surface area contributed by atoms with Gasteiger partial charge >= 0.3 is 0 Å². The Morgan fingerprint density at radius 1 is 0.957 bits per heavy atom. The number of aryl methyl sites for hydroxylation is 1. The summed E-state index contributed by atoms with van der Waals surface area (Å²) in [6.07, 6.45) is 0. The molecule has 120 valence electrons. The highest BCUT2D eigenvalue weighted by molar-refractivity contribution is 6.42. The van der Waals surface area contributed by atoms with Gasteiger partial charge < -0.3 is 5.32 Å². The quantitative estimate of drug-likeness (QED) is 0.690. The molecule has 0 aliphatic rings. The lowest BCUT2D eigenvalue weighted by Crippen LogP contribution is -2.30. The molecule has 0 aromatic heterocycles. The molecule has 0 saturated carbocycles. The Hall–Kier alpha value is -2.42.